The summed E-state index contributed by atoms with van der Waals surface area (Å²) in [5.74, 6) is 0. The first kappa shape index (κ1) is 23.4. The van der Waals surface area contributed by atoms with Crippen LogP contribution in [0.25, 0.3) is 49.8 Å². The third kappa shape index (κ3) is 3.82. The molecule has 0 spiro atoms. The molecule has 0 radical (unpaired) electrons. The number of hydrogen-bond acceptors (Lipinski definition) is 2. The summed E-state index contributed by atoms with van der Waals surface area (Å²) in [5, 5.41) is 2.19. The lowest BCUT2D eigenvalue weighted by molar-refractivity contribution is 0.673. The highest BCUT2D eigenvalue weighted by molar-refractivity contribution is 6.18. The summed E-state index contributed by atoms with van der Waals surface area (Å²) < 4.78 is 9.17. The molecule has 8 aromatic rings. The molecule has 2 heterocycles. The first-order valence-electron chi connectivity index (χ1n) is 13.9. The van der Waals surface area contributed by atoms with Gasteiger partial charge in [-0.1, -0.05) is 97.1 Å². The van der Waals surface area contributed by atoms with Crippen LogP contribution in [-0.2, 0) is 0 Å². The van der Waals surface area contributed by atoms with E-state index in [0.717, 1.165) is 55.7 Å². The van der Waals surface area contributed by atoms with Gasteiger partial charge in [0.25, 0.3) is 0 Å². The number of hydrogen-bond donors (Lipinski definition) is 0. The quantitative estimate of drug-likeness (QED) is 0.222. The number of benzene rings is 6. The Hall–Kier alpha value is -5.54. The van der Waals surface area contributed by atoms with E-state index in [1.54, 1.807) is 0 Å². The van der Waals surface area contributed by atoms with Crippen LogP contribution in [0, 0.1) is 0 Å². The largest absolute Gasteiger partial charge is 0.451 e. The topological polar surface area (TPSA) is 21.3 Å². The van der Waals surface area contributed by atoms with E-state index in [2.05, 4.69) is 161 Å². The third-order valence-corrected chi connectivity index (χ3v) is 7.78. The summed E-state index contributed by atoms with van der Waals surface area (Å²) in [6.45, 7) is 0. The molecular formula is C38H26N2O. The lowest BCUT2D eigenvalue weighted by Gasteiger charge is -2.25. The average Bonchev–Trinajstić information content (AvgIpc) is 3.58. The number of fused-ring (bicyclic) bond motifs is 5. The van der Waals surface area contributed by atoms with E-state index >= 15 is 0 Å². The van der Waals surface area contributed by atoms with Gasteiger partial charge in [-0.3, -0.25) is 0 Å². The number of rotatable bonds is 5. The lowest BCUT2D eigenvalue weighted by Crippen LogP contribution is -2.10. The molecule has 0 N–H and O–H groups in total. The molecule has 0 aliphatic heterocycles. The van der Waals surface area contributed by atoms with E-state index in [0.29, 0.717) is 0 Å². The maximum Gasteiger partial charge on any atom is 0.161 e. The van der Waals surface area contributed by atoms with Crippen molar-refractivity contribution in [1.82, 2.24) is 4.57 Å². The fraction of sp³-hybridized carbons (Fsp3) is 0. The zero-order valence-corrected chi connectivity index (χ0v) is 22.3. The van der Waals surface area contributed by atoms with Gasteiger partial charge >= 0.3 is 0 Å². The van der Waals surface area contributed by atoms with Crippen molar-refractivity contribution in [2.45, 2.75) is 0 Å². The van der Waals surface area contributed by atoms with Gasteiger partial charge in [-0.15, -0.1) is 0 Å². The molecule has 0 bridgehead atoms. The van der Waals surface area contributed by atoms with Crippen molar-refractivity contribution in [2.24, 2.45) is 0 Å². The second kappa shape index (κ2) is 9.58. The Bertz CT molecular complexity index is 2120. The van der Waals surface area contributed by atoms with Gasteiger partial charge in [-0.25, -0.2) is 0 Å². The lowest BCUT2D eigenvalue weighted by atomic mass is 10.0. The molecule has 2 aromatic heterocycles. The zero-order chi connectivity index (χ0) is 27.2. The Labute approximate surface area is 238 Å². The first-order chi connectivity index (χ1) is 20.4. The molecule has 0 aliphatic rings. The highest BCUT2D eigenvalue weighted by Crippen LogP contribution is 2.45. The van der Waals surface area contributed by atoms with Crippen LogP contribution in [0.2, 0.25) is 0 Å². The molecule has 0 aliphatic carbocycles. The summed E-state index contributed by atoms with van der Waals surface area (Å²) in [6.07, 6.45) is 0. The minimum absolute atomic E-state index is 0.865. The number of anilines is 3. The molecule has 3 heteroatoms. The number of aromatic nitrogens is 1. The molecule has 0 atom stereocenters. The minimum Gasteiger partial charge on any atom is -0.451 e. The van der Waals surface area contributed by atoms with E-state index in [4.69, 9.17) is 4.42 Å². The molecule has 0 saturated carbocycles. The molecule has 0 unspecified atom stereocenters. The Morgan fingerprint density at radius 1 is 0.439 bits per heavy atom. The van der Waals surface area contributed by atoms with Crippen LogP contribution >= 0.6 is 0 Å². The van der Waals surface area contributed by atoms with Gasteiger partial charge < -0.3 is 13.9 Å². The van der Waals surface area contributed by atoms with Crippen molar-refractivity contribution in [3.8, 4) is 16.8 Å². The number of para-hydroxylation sites is 4. The Balaban J connectivity index is 1.38. The normalized spacial score (nSPS) is 11.4. The van der Waals surface area contributed by atoms with Crippen molar-refractivity contribution >= 4 is 50.0 Å². The highest BCUT2D eigenvalue weighted by atomic mass is 16.3. The fourth-order valence-corrected chi connectivity index (χ4v) is 5.94. The molecule has 0 amide bonds. The van der Waals surface area contributed by atoms with Crippen molar-refractivity contribution in [1.29, 1.82) is 0 Å². The molecule has 8 rings (SSSR count). The summed E-state index contributed by atoms with van der Waals surface area (Å²) in [7, 11) is 0. The molecular weight excluding hydrogens is 500 g/mol. The first-order valence-corrected chi connectivity index (χ1v) is 13.9. The summed E-state index contributed by atoms with van der Waals surface area (Å²) >= 11 is 0. The van der Waals surface area contributed by atoms with E-state index < -0.39 is 0 Å². The molecule has 6 aromatic carbocycles. The van der Waals surface area contributed by atoms with Crippen LogP contribution in [-0.4, -0.2) is 4.57 Å². The van der Waals surface area contributed by atoms with Crippen molar-refractivity contribution in [3.05, 3.63) is 158 Å². The standard InChI is InChI=1S/C38H26N2O/c1-4-13-27(14-5-1)28-23-25-31(26-24-28)39(29-15-6-2-7-16-29)35-22-12-20-33-36-38(41-37(33)35)32-19-10-11-21-34(32)40(36)30-17-8-3-9-18-30/h1-26H. The smallest absolute Gasteiger partial charge is 0.161 e. The second-order valence-corrected chi connectivity index (χ2v) is 10.2. The SMILES string of the molecule is c1ccc(-c2ccc(N(c3ccccc3)c3cccc4c3oc3c5ccccc5n(-c5ccccc5)c43)cc2)cc1. The van der Waals surface area contributed by atoms with Crippen LogP contribution in [0.3, 0.4) is 0 Å². The minimum atomic E-state index is 0.865. The van der Waals surface area contributed by atoms with Crippen LogP contribution in [0.4, 0.5) is 17.1 Å². The number of nitrogens with zero attached hydrogens (tertiary/aromatic N) is 2. The maximum atomic E-state index is 6.85. The molecule has 41 heavy (non-hydrogen) atoms. The van der Waals surface area contributed by atoms with Crippen LogP contribution in [0.5, 0.6) is 0 Å². The Kier molecular flexibility index (Phi) is 5.46. The van der Waals surface area contributed by atoms with Gasteiger partial charge in [0.2, 0.25) is 0 Å². The Morgan fingerprint density at radius 2 is 1.02 bits per heavy atom. The zero-order valence-electron chi connectivity index (χ0n) is 22.3. The predicted octanol–water partition coefficient (Wildman–Crippen LogP) is 10.7. The van der Waals surface area contributed by atoms with Crippen molar-refractivity contribution < 1.29 is 4.42 Å². The second-order valence-electron chi connectivity index (χ2n) is 10.2. The van der Waals surface area contributed by atoms with Gasteiger partial charge in [-0.2, -0.15) is 0 Å². The van der Waals surface area contributed by atoms with Crippen molar-refractivity contribution in [2.75, 3.05) is 4.90 Å². The predicted molar refractivity (Wildman–Crippen MR) is 171 cm³/mol. The van der Waals surface area contributed by atoms with Gasteiger partial charge in [0, 0.05) is 27.8 Å². The van der Waals surface area contributed by atoms with Gasteiger partial charge in [0.1, 0.15) is 5.52 Å². The number of furan rings is 1. The molecule has 0 saturated heterocycles. The van der Waals surface area contributed by atoms with Crippen molar-refractivity contribution in [3.63, 3.8) is 0 Å². The monoisotopic (exact) mass is 526 g/mol. The van der Waals surface area contributed by atoms with Gasteiger partial charge in [0.05, 0.1) is 11.2 Å². The molecule has 194 valence electrons. The average molecular weight is 527 g/mol. The van der Waals surface area contributed by atoms with Crippen LogP contribution in [0.1, 0.15) is 0 Å². The Morgan fingerprint density at radius 3 is 1.78 bits per heavy atom. The van der Waals surface area contributed by atoms with E-state index in [9.17, 15) is 0 Å². The summed E-state index contributed by atoms with van der Waals surface area (Å²) in [4.78, 5) is 2.29. The van der Waals surface area contributed by atoms with E-state index in [1.165, 1.54) is 11.1 Å². The fourth-order valence-electron chi connectivity index (χ4n) is 5.94. The highest BCUT2D eigenvalue weighted by Gasteiger charge is 2.23. The van der Waals surface area contributed by atoms with Gasteiger partial charge in [-0.05, 0) is 71.8 Å². The molecule has 3 nitrogen and oxygen atoms in total. The maximum absolute atomic E-state index is 6.85. The van der Waals surface area contributed by atoms with E-state index in [-0.39, 0.29) is 0 Å². The van der Waals surface area contributed by atoms with E-state index in [1.807, 2.05) is 6.07 Å². The summed E-state index contributed by atoms with van der Waals surface area (Å²) in [6, 6.07) is 55.2. The van der Waals surface area contributed by atoms with Crippen LogP contribution < -0.4 is 4.90 Å². The third-order valence-electron chi connectivity index (χ3n) is 7.78. The molecule has 0 fully saturated rings. The van der Waals surface area contributed by atoms with Gasteiger partial charge in [0.15, 0.2) is 11.2 Å². The van der Waals surface area contributed by atoms with Crippen LogP contribution in [0.15, 0.2) is 162 Å². The summed E-state index contributed by atoms with van der Waals surface area (Å²) in [5.41, 5.74) is 10.6.